The Kier molecular flexibility index (Phi) is 6.15. The predicted molar refractivity (Wildman–Crippen MR) is 99.1 cm³/mol. The van der Waals surface area contributed by atoms with Crippen molar-refractivity contribution < 1.29 is 9.18 Å². The van der Waals surface area contributed by atoms with E-state index >= 15 is 0 Å². The van der Waals surface area contributed by atoms with E-state index in [4.69, 9.17) is 0 Å². The van der Waals surface area contributed by atoms with Gasteiger partial charge in [-0.15, -0.1) is 11.3 Å². The van der Waals surface area contributed by atoms with Crippen molar-refractivity contribution in [2.45, 2.75) is 38.6 Å². The third-order valence-corrected chi connectivity index (χ3v) is 5.46. The highest BCUT2D eigenvalue weighted by atomic mass is 32.1. The Morgan fingerprint density at radius 3 is 2.84 bits per heavy atom. The van der Waals surface area contributed by atoms with E-state index < -0.39 is 0 Å². The fourth-order valence-electron chi connectivity index (χ4n) is 3.14. The third kappa shape index (κ3) is 4.86. The lowest BCUT2D eigenvalue weighted by Crippen LogP contribution is -2.43. The fraction of sp³-hybridized carbons (Fsp3) is 0.474. The van der Waals surface area contributed by atoms with Crippen molar-refractivity contribution in [1.82, 2.24) is 15.2 Å². The zero-order valence-corrected chi connectivity index (χ0v) is 15.3. The second-order valence-corrected chi connectivity index (χ2v) is 7.34. The molecular weight excluding hydrogens is 337 g/mol. The molecule has 2 heterocycles. The molecule has 1 N–H and O–H groups in total. The molecule has 1 saturated heterocycles. The van der Waals surface area contributed by atoms with Crippen LogP contribution in [-0.2, 0) is 11.2 Å². The van der Waals surface area contributed by atoms with Crippen LogP contribution in [0.3, 0.4) is 0 Å². The van der Waals surface area contributed by atoms with E-state index in [0.29, 0.717) is 16.3 Å². The molecule has 134 valence electrons. The van der Waals surface area contributed by atoms with Crippen LogP contribution >= 0.6 is 11.3 Å². The molecule has 1 aliphatic rings. The number of nitrogens with zero attached hydrogens (tertiary/aromatic N) is 2. The summed E-state index contributed by atoms with van der Waals surface area (Å²) in [6.07, 6.45) is 3.66. The predicted octanol–water partition coefficient (Wildman–Crippen LogP) is 3.48. The van der Waals surface area contributed by atoms with Gasteiger partial charge in [0.1, 0.15) is 10.8 Å². The minimum Gasteiger partial charge on any atom is -0.352 e. The number of nitrogens with one attached hydrogen (secondary N) is 1. The molecule has 4 nitrogen and oxygen atoms in total. The summed E-state index contributed by atoms with van der Waals surface area (Å²) in [5.41, 5.74) is 1.18. The van der Waals surface area contributed by atoms with E-state index in [-0.39, 0.29) is 24.2 Å². The third-order valence-electron chi connectivity index (χ3n) is 4.53. The minimum absolute atomic E-state index is 0.0172. The van der Waals surface area contributed by atoms with Gasteiger partial charge in [0.2, 0.25) is 5.91 Å². The molecule has 1 fully saturated rings. The first-order valence-corrected chi connectivity index (χ1v) is 9.74. The van der Waals surface area contributed by atoms with Crippen molar-refractivity contribution in [3.05, 3.63) is 41.2 Å². The van der Waals surface area contributed by atoms with Crippen molar-refractivity contribution in [2.75, 3.05) is 19.6 Å². The average Bonchev–Trinajstić information content (AvgIpc) is 3.26. The maximum absolute atomic E-state index is 13.8. The van der Waals surface area contributed by atoms with Crippen molar-refractivity contribution in [3.8, 4) is 10.6 Å². The summed E-state index contributed by atoms with van der Waals surface area (Å²) in [6, 6.07) is 6.76. The molecule has 1 atom stereocenters. The lowest BCUT2D eigenvalue weighted by atomic mass is 10.2. The SMILES string of the molecule is CCC(CN1CCCC1)NC(=O)Cc1csc(-c2ccccc2F)n1. The van der Waals surface area contributed by atoms with Gasteiger partial charge in [-0.2, -0.15) is 0 Å². The van der Waals surface area contributed by atoms with E-state index in [1.54, 1.807) is 18.2 Å². The number of aromatic nitrogens is 1. The molecule has 1 aromatic heterocycles. The normalized spacial score (nSPS) is 16.1. The zero-order chi connectivity index (χ0) is 17.6. The number of carbonyl (C=O) groups excluding carboxylic acids is 1. The minimum atomic E-state index is -0.287. The summed E-state index contributed by atoms with van der Waals surface area (Å²) >= 11 is 1.37. The molecule has 25 heavy (non-hydrogen) atoms. The average molecular weight is 361 g/mol. The second kappa shape index (κ2) is 8.54. The topological polar surface area (TPSA) is 45.2 Å². The van der Waals surface area contributed by atoms with Crippen LogP contribution in [0.4, 0.5) is 4.39 Å². The highest BCUT2D eigenvalue weighted by molar-refractivity contribution is 7.13. The van der Waals surface area contributed by atoms with Gasteiger partial charge < -0.3 is 10.2 Å². The summed E-state index contributed by atoms with van der Waals surface area (Å²) in [6.45, 7) is 5.27. The molecule has 1 aromatic carbocycles. The van der Waals surface area contributed by atoms with E-state index in [9.17, 15) is 9.18 Å². The summed E-state index contributed by atoms with van der Waals surface area (Å²) in [5, 5.41) is 5.56. The van der Waals surface area contributed by atoms with Crippen molar-refractivity contribution >= 4 is 17.2 Å². The Bertz CT molecular complexity index is 712. The van der Waals surface area contributed by atoms with E-state index in [1.165, 1.54) is 30.2 Å². The molecule has 0 radical (unpaired) electrons. The standard InChI is InChI=1S/C19H24FN3OS/c1-2-14(12-23-9-5-6-10-23)21-18(24)11-15-13-25-19(22-15)16-7-3-4-8-17(16)20/h3-4,7-8,13-14H,2,5-6,9-12H2,1H3,(H,21,24). The van der Waals surface area contributed by atoms with Crippen LogP contribution in [0.2, 0.25) is 0 Å². The largest absolute Gasteiger partial charge is 0.352 e. The molecule has 3 rings (SSSR count). The molecule has 1 aliphatic heterocycles. The molecular formula is C19H24FN3OS. The molecule has 0 aliphatic carbocycles. The number of hydrogen-bond donors (Lipinski definition) is 1. The highest BCUT2D eigenvalue weighted by Crippen LogP contribution is 2.26. The first kappa shape index (κ1) is 18.0. The Hall–Kier alpha value is -1.79. The maximum atomic E-state index is 13.8. The molecule has 0 spiro atoms. The maximum Gasteiger partial charge on any atom is 0.226 e. The summed E-state index contributed by atoms with van der Waals surface area (Å²) < 4.78 is 13.8. The quantitative estimate of drug-likeness (QED) is 0.821. The van der Waals surface area contributed by atoms with Gasteiger partial charge in [0.15, 0.2) is 0 Å². The van der Waals surface area contributed by atoms with Gasteiger partial charge in [-0.05, 0) is 44.5 Å². The number of likely N-dealkylation sites (tertiary alicyclic amines) is 1. The second-order valence-electron chi connectivity index (χ2n) is 6.48. The first-order valence-electron chi connectivity index (χ1n) is 8.86. The van der Waals surface area contributed by atoms with Gasteiger partial charge in [-0.1, -0.05) is 19.1 Å². The van der Waals surface area contributed by atoms with E-state index in [0.717, 1.165) is 26.1 Å². The number of carbonyl (C=O) groups is 1. The van der Waals surface area contributed by atoms with Gasteiger partial charge in [0.05, 0.1) is 12.1 Å². The lowest BCUT2D eigenvalue weighted by molar-refractivity contribution is -0.121. The van der Waals surface area contributed by atoms with Crippen LogP contribution in [0.1, 0.15) is 31.9 Å². The molecule has 0 bridgehead atoms. The van der Waals surface area contributed by atoms with Crippen LogP contribution in [0, 0.1) is 5.82 Å². The number of rotatable bonds is 7. The fourth-order valence-corrected chi connectivity index (χ4v) is 3.99. The number of thiazole rings is 1. The van der Waals surface area contributed by atoms with Gasteiger partial charge in [-0.25, -0.2) is 9.37 Å². The monoisotopic (exact) mass is 361 g/mol. The van der Waals surface area contributed by atoms with Gasteiger partial charge in [0, 0.05) is 23.5 Å². The smallest absolute Gasteiger partial charge is 0.226 e. The number of hydrogen-bond acceptors (Lipinski definition) is 4. The van der Waals surface area contributed by atoms with Crippen LogP contribution in [0.15, 0.2) is 29.6 Å². The summed E-state index contributed by atoms with van der Waals surface area (Å²) in [4.78, 5) is 19.2. The van der Waals surface area contributed by atoms with Crippen LogP contribution in [0.5, 0.6) is 0 Å². The number of amides is 1. The lowest BCUT2D eigenvalue weighted by Gasteiger charge is -2.23. The molecule has 1 unspecified atom stereocenters. The Balaban J connectivity index is 1.56. The van der Waals surface area contributed by atoms with Crippen LogP contribution in [0.25, 0.3) is 10.6 Å². The Morgan fingerprint density at radius 2 is 2.12 bits per heavy atom. The first-order chi connectivity index (χ1) is 12.2. The highest BCUT2D eigenvalue weighted by Gasteiger charge is 2.18. The summed E-state index contributed by atoms with van der Waals surface area (Å²) in [7, 11) is 0. The van der Waals surface area contributed by atoms with Gasteiger partial charge in [0.25, 0.3) is 0 Å². The van der Waals surface area contributed by atoms with Crippen LogP contribution < -0.4 is 5.32 Å². The van der Waals surface area contributed by atoms with Gasteiger partial charge >= 0.3 is 0 Å². The van der Waals surface area contributed by atoms with E-state index in [1.807, 2.05) is 5.38 Å². The van der Waals surface area contributed by atoms with Crippen molar-refractivity contribution in [2.24, 2.45) is 0 Å². The number of benzene rings is 1. The van der Waals surface area contributed by atoms with E-state index in [2.05, 4.69) is 22.1 Å². The molecule has 6 heteroatoms. The number of halogens is 1. The Morgan fingerprint density at radius 1 is 1.36 bits per heavy atom. The Labute approximate surface area is 152 Å². The molecule has 0 saturated carbocycles. The zero-order valence-electron chi connectivity index (χ0n) is 14.5. The van der Waals surface area contributed by atoms with Crippen molar-refractivity contribution in [3.63, 3.8) is 0 Å². The van der Waals surface area contributed by atoms with Crippen LogP contribution in [-0.4, -0.2) is 41.5 Å². The molecule has 2 aromatic rings. The van der Waals surface area contributed by atoms with Crippen molar-refractivity contribution in [1.29, 1.82) is 0 Å². The van der Waals surface area contributed by atoms with Gasteiger partial charge in [-0.3, -0.25) is 4.79 Å². The summed E-state index contributed by atoms with van der Waals surface area (Å²) in [5.74, 6) is -0.305. The molecule has 1 amide bonds.